The quantitative estimate of drug-likeness (QED) is 0.640. The van der Waals surface area contributed by atoms with Crippen LogP contribution in [0, 0.1) is 12.8 Å². The third-order valence-corrected chi connectivity index (χ3v) is 2.68. The molecule has 0 saturated heterocycles. The smallest absolute Gasteiger partial charge is 0.414 e. The number of ketones is 1. The number of amides is 1. The first kappa shape index (κ1) is 17.7. The lowest BCUT2D eigenvalue weighted by Crippen LogP contribution is -2.19. The van der Waals surface area contributed by atoms with Crippen LogP contribution >= 0.6 is 0 Å². The molecule has 7 nitrogen and oxygen atoms in total. The largest absolute Gasteiger partial charge is 0.462 e. The van der Waals surface area contributed by atoms with Gasteiger partial charge in [0, 0.05) is 0 Å². The molecule has 0 aliphatic rings. The van der Waals surface area contributed by atoms with Crippen molar-refractivity contribution in [1.82, 2.24) is 0 Å². The number of hydrogen-bond acceptors (Lipinski definition) is 6. The Morgan fingerprint density at radius 1 is 1.18 bits per heavy atom. The third kappa shape index (κ3) is 4.34. The molecule has 1 N–H and O–H groups in total. The molecule has 122 valence electrons. The summed E-state index contributed by atoms with van der Waals surface area (Å²) in [6, 6.07) is 0. The fraction of sp³-hybridized carbons (Fsp3) is 0.533. The van der Waals surface area contributed by atoms with Crippen molar-refractivity contribution >= 4 is 23.7 Å². The van der Waals surface area contributed by atoms with Crippen LogP contribution in [-0.4, -0.2) is 31.1 Å². The molecule has 0 atom stereocenters. The van der Waals surface area contributed by atoms with E-state index in [-0.39, 0.29) is 47.7 Å². The van der Waals surface area contributed by atoms with Gasteiger partial charge in [-0.15, -0.1) is 0 Å². The summed E-state index contributed by atoms with van der Waals surface area (Å²) in [7, 11) is 0. The second kappa shape index (κ2) is 7.63. The Hall–Kier alpha value is -2.31. The highest BCUT2D eigenvalue weighted by Gasteiger charge is 2.29. The average Bonchev–Trinajstić information content (AvgIpc) is 2.73. The van der Waals surface area contributed by atoms with E-state index < -0.39 is 12.1 Å². The Kier molecular flexibility index (Phi) is 6.15. The Morgan fingerprint density at radius 2 is 1.82 bits per heavy atom. The molecule has 1 heterocycles. The molecule has 1 amide bonds. The summed E-state index contributed by atoms with van der Waals surface area (Å²) >= 11 is 0. The van der Waals surface area contributed by atoms with Crippen LogP contribution in [0.5, 0.6) is 0 Å². The van der Waals surface area contributed by atoms with Crippen LogP contribution in [0.15, 0.2) is 4.42 Å². The van der Waals surface area contributed by atoms with Gasteiger partial charge in [0.15, 0.2) is 5.78 Å². The summed E-state index contributed by atoms with van der Waals surface area (Å²) in [5.74, 6) is -0.831. The van der Waals surface area contributed by atoms with E-state index in [0.29, 0.717) is 0 Å². The van der Waals surface area contributed by atoms with Gasteiger partial charge in [0.2, 0.25) is 5.88 Å². The molecule has 7 heteroatoms. The van der Waals surface area contributed by atoms with Crippen LogP contribution in [0.1, 0.15) is 54.2 Å². The van der Waals surface area contributed by atoms with Crippen molar-refractivity contribution in [1.29, 1.82) is 0 Å². The van der Waals surface area contributed by atoms with Gasteiger partial charge in [-0.25, -0.2) is 9.59 Å². The number of nitrogens with one attached hydrogen (secondary N) is 1. The minimum Gasteiger partial charge on any atom is -0.462 e. The maximum atomic E-state index is 12.0. The lowest BCUT2D eigenvalue weighted by Gasteiger charge is -2.08. The first-order valence-electron chi connectivity index (χ1n) is 7.03. The predicted molar refractivity (Wildman–Crippen MR) is 79.2 cm³/mol. The Bertz CT molecular complexity index is 573. The monoisotopic (exact) mass is 311 g/mol. The van der Waals surface area contributed by atoms with Gasteiger partial charge in [-0.1, -0.05) is 13.8 Å². The lowest BCUT2D eigenvalue weighted by atomic mass is 10.1. The van der Waals surface area contributed by atoms with Crippen molar-refractivity contribution < 1.29 is 28.3 Å². The molecule has 0 saturated carbocycles. The molecule has 0 radical (unpaired) electrons. The van der Waals surface area contributed by atoms with Crippen molar-refractivity contribution in [2.75, 3.05) is 18.5 Å². The van der Waals surface area contributed by atoms with Crippen molar-refractivity contribution in [3.8, 4) is 0 Å². The number of esters is 1. The molecule has 0 aromatic carbocycles. The zero-order valence-electron chi connectivity index (χ0n) is 13.4. The van der Waals surface area contributed by atoms with Crippen molar-refractivity contribution in [2.45, 2.75) is 34.6 Å². The Labute approximate surface area is 129 Å². The number of carbonyl (C=O) groups excluding carboxylic acids is 3. The standard InChI is InChI=1S/C15H21NO6/c1-6-20-14(18)12-11(9(4)17)10(5)22-13(12)16-15(19)21-7-8(2)3/h8H,6-7H2,1-5H3,(H,16,19). The fourth-order valence-electron chi connectivity index (χ4n) is 1.83. The molecule has 0 aliphatic carbocycles. The highest BCUT2D eigenvalue weighted by atomic mass is 16.6. The first-order valence-corrected chi connectivity index (χ1v) is 7.03. The molecular formula is C15H21NO6. The van der Waals surface area contributed by atoms with E-state index in [1.54, 1.807) is 6.92 Å². The summed E-state index contributed by atoms with van der Waals surface area (Å²) in [5, 5.41) is 2.34. The van der Waals surface area contributed by atoms with Crippen LogP contribution in [-0.2, 0) is 9.47 Å². The molecule has 0 bridgehead atoms. The van der Waals surface area contributed by atoms with E-state index in [1.807, 2.05) is 13.8 Å². The number of Topliss-reactive ketones (excluding diaryl/α,β-unsaturated/α-hetero) is 1. The summed E-state index contributed by atoms with van der Waals surface area (Å²) in [6.45, 7) is 8.62. The molecular weight excluding hydrogens is 290 g/mol. The van der Waals surface area contributed by atoms with E-state index in [2.05, 4.69) is 5.32 Å². The fourth-order valence-corrected chi connectivity index (χ4v) is 1.83. The van der Waals surface area contributed by atoms with Gasteiger partial charge in [-0.3, -0.25) is 10.1 Å². The molecule has 0 spiro atoms. The van der Waals surface area contributed by atoms with E-state index >= 15 is 0 Å². The van der Waals surface area contributed by atoms with E-state index in [4.69, 9.17) is 13.9 Å². The van der Waals surface area contributed by atoms with Gasteiger partial charge in [-0.05, 0) is 26.7 Å². The Balaban J connectivity index is 3.08. The maximum Gasteiger partial charge on any atom is 0.414 e. The molecule has 22 heavy (non-hydrogen) atoms. The molecule has 0 fully saturated rings. The maximum absolute atomic E-state index is 12.0. The molecule has 1 aromatic heterocycles. The summed E-state index contributed by atoms with van der Waals surface area (Å²) in [4.78, 5) is 35.4. The minimum atomic E-state index is -0.761. The summed E-state index contributed by atoms with van der Waals surface area (Å²) in [5.41, 5.74) is 0.00552. The van der Waals surface area contributed by atoms with Gasteiger partial charge in [0.25, 0.3) is 0 Å². The molecule has 0 aliphatic heterocycles. The molecule has 1 rings (SSSR count). The van der Waals surface area contributed by atoms with E-state index in [9.17, 15) is 14.4 Å². The number of anilines is 1. The zero-order valence-corrected chi connectivity index (χ0v) is 13.4. The van der Waals surface area contributed by atoms with Crippen LogP contribution in [0.25, 0.3) is 0 Å². The van der Waals surface area contributed by atoms with Crippen LogP contribution < -0.4 is 5.32 Å². The third-order valence-electron chi connectivity index (χ3n) is 2.68. The summed E-state index contributed by atoms with van der Waals surface area (Å²) < 4.78 is 15.2. The zero-order chi connectivity index (χ0) is 16.9. The van der Waals surface area contributed by atoms with Gasteiger partial charge >= 0.3 is 12.1 Å². The Morgan fingerprint density at radius 3 is 2.32 bits per heavy atom. The van der Waals surface area contributed by atoms with Gasteiger partial charge < -0.3 is 13.9 Å². The second-order valence-electron chi connectivity index (χ2n) is 5.13. The highest BCUT2D eigenvalue weighted by Crippen LogP contribution is 2.28. The predicted octanol–water partition coefficient (Wildman–Crippen LogP) is 3.17. The van der Waals surface area contributed by atoms with Crippen LogP contribution in [0.4, 0.5) is 10.7 Å². The number of rotatable bonds is 6. The van der Waals surface area contributed by atoms with Crippen molar-refractivity contribution in [3.05, 3.63) is 16.9 Å². The van der Waals surface area contributed by atoms with Crippen LogP contribution in [0.2, 0.25) is 0 Å². The van der Waals surface area contributed by atoms with Crippen LogP contribution in [0.3, 0.4) is 0 Å². The number of aryl methyl sites for hydroxylation is 1. The second-order valence-corrected chi connectivity index (χ2v) is 5.13. The number of furan rings is 1. The first-order chi connectivity index (χ1) is 10.3. The number of ether oxygens (including phenoxy) is 2. The van der Waals surface area contributed by atoms with Crippen molar-refractivity contribution in [2.24, 2.45) is 5.92 Å². The number of hydrogen-bond donors (Lipinski definition) is 1. The highest BCUT2D eigenvalue weighted by molar-refractivity contribution is 6.10. The van der Waals surface area contributed by atoms with Gasteiger partial charge in [-0.2, -0.15) is 0 Å². The summed E-state index contributed by atoms with van der Waals surface area (Å²) in [6.07, 6.45) is -0.761. The normalized spacial score (nSPS) is 10.5. The topological polar surface area (TPSA) is 94.8 Å². The van der Waals surface area contributed by atoms with E-state index in [1.165, 1.54) is 13.8 Å². The minimum absolute atomic E-state index is 0.0895. The number of carbonyl (C=O) groups is 3. The molecule has 0 unspecified atom stereocenters. The van der Waals surface area contributed by atoms with Gasteiger partial charge in [0.1, 0.15) is 11.3 Å². The van der Waals surface area contributed by atoms with Crippen molar-refractivity contribution in [3.63, 3.8) is 0 Å². The SMILES string of the molecule is CCOC(=O)c1c(NC(=O)OCC(C)C)oc(C)c1C(C)=O. The lowest BCUT2D eigenvalue weighted by molar-refractivity contribution is 0.0524. The van der Waals surface area contributed by atoms with Gasteiger partial charge in [0.05, 0.1) is 18.8 Å². The average molecular weight is 311 g/mol. The van der Waals surface area contributed by atoms with E-state index in [0.717, 1.165) is 0 Å². The molecule has 1 aromatic rings.